The van der Waals surface area contributed by atoms with E-state index in [4.69, 9.17) is 4.74 Å². The topological polar surface area (TPSA) is 72.5 Å². The lowest BCUT2D eigenvalue weighted by Gasteiger charge is -2.24. The van der Waals surface area contributed by atoms with Crippen molar-refractivity contribution in [2.24, 2.45) is 0 Å². The Morgan fingerprint density at radius 1 is 1.15 bits per heavy atom. The first-order chi connectivity index (χ1) is 8.88. The van der Waals surface area contributed by atoms with E-state index in [1.807, 2.05) is 0 Å². The monoisotopic (exact) mass is 297 g/mol. The third-order valence-electron chi connectivity index (χ3n) is 1.99. The number of esters is 1. The highest BCUT2D eigenvalue weighted by Crippen LogP contribution is 2.16. The number of carbonyl (C=O) groups excluding carboxylic acids is 3. The number of hydrogen-bond donors (Lipinski definition) is 1. The molecule has 0 rings (SSSR count). The minimum absolute atomic E-state index is 0.137. The van der Waals surface area contributed by atoms with Crippen molar-refractivity contribution < 1.29 is 32.3 Å². The van der Waals surface area contributed by atoms with Crippen LogP contribution >= 0.6 is 0 Å². The van der Waals surface area contributed by atoms with E-state index in [0.29, 0.717) is 6.42 Å². The summed E-state index contributed by atoms with van der Waals surface area (Å²) in [5.41, 5.74) is -0.981. The van der Waals surface area contributed by atoms with Crippen molar-refractivity contribution in [2.45, 2.75) is 58.4 Å². The quantitative estimate of drug-likeness (QED) is 0.620. The van der Waals surface area contributed by atoms with Gasteiger partial charge in [-0.25, -0.2) is 4.79 Å². The van der Waals surface area contributed by atoms with Crippen LogP contribution in [0.5, 0.6) is 0 Å². The van der Waals surface area contributed by atoms with Gasteiger partial charge in [-0.2, -0.15) is 13.2 Å². The Morgan fingerprint density at radius 3 is 2.00 bits per heavy atom. The molecule has 0 aliphatic rings. The second-order valence-electron chi connectivity index (χ2n) is 5.15. The predicted octanol–water partition coefficient (Wildman–Crippen LogP) is 1.74. The zero-order valence-electron chi connectivity index (χ0n) is 11.8. The van der Waals surface area contributed by atoms with Gasteiger partial charge < -0.3 is 10.1 Å². The maximum Gasteiger partial charge on any atom is 0.471 e. The minimum Gasteiger partial charge on any atom is -0.458 e. The van der Waals surface area contributed by atoms with E-state index in [1.165, 1.54) is 26.1 Å². The van der Waals surface area contributed by atoms with Gasteiger partial charge in [0.2, 0.25) is 0 Å². The summed E-state index contributed by atoms with van der Waals surface area (Å²) in [4.78, 5) is 34.2. The zero-order chi connectivity index (χ0) is 16.1. The smallest absolute Gasteiger partial charge is 0.458 e. The van der Waals surface area contributed by atoms with Crippen molar-refractivity contribution in [3.8, 4) is 0 Å². The largest absolute Gasteiger partial charge is 0.471 e. The first kappa shape index (κ1) is 18.4. The Kier molecular flexibility index (Phi) is 6.18. The van der Waals surface area contributed by atoms with Crippen molar-refractivity contribution in [3.05, 3.63) is 0 Å². The third kappa shape index (κ3) is 6.53. The fraction of sp³-hybridized carbons (Fsp3) is 0.750. The molecule has 1 unspecified atom stereocenters. The predicted molar refractivity (Wildman–Crippen MR) is 63.7 cm³/mol. The van der Waals surface area contributed by atoms with Crippen LogP contribution < -0.4 is 5.32 Å². The highest BCUT2D eigenvalue weighted by atomic mass is 19.4. The minimum atomic E-state index is -5.17. The molecule has 5 nitrogen and oxygen atoms in total. The molecule has 0 aliphatic heterocycles. The number of carbonyl (C=O) groups is 3. The van der Waals surface area contributed by atoms with Gasteiger partial charge in [-0.1, -0.05) is 6.92 Å². The number of ether oxygens (including phenoxy) is 1. The Morgan fingerprint density at radius 2 is 1.65 bits per heavy atom. The van der Waals surface area contributed by atoms with Crippen LogP contribution in [0.25, 0.3) is 0 Å². The van der Waals surface area contributed by atoms with E-state index >= 15 is 0 Å². The molecule has 8 heteroatoms. The Hall–Kier alpha value is -1.60. The molecule has 0 heterocycles. The van der Waals surface area contributed by atoms with Crippen LogP contribution in [0.3, 0.4) is 0 Å². The molecule has 1 N–H and O–H groups in total. The highest BCUT2D eigenvalue weighted by molar-refractivity contribution is 6.06. The van der Waals surface area contributed by atoms with E-state index in [-0.39, 0.29) is 6.42 Å². The molecule has 0 aliphatic carbocycles. The van der Waals surface area contributed by atoms with E-state index in [2.05, 4.69) is 0 Å². The third-order valence-corrected chi connectivity index (χ3v) is 1.99. The molecule has 0 aromatic heterocycles. The first-order valence-corrected chi connectivity index (χ1v) is 6.01. The molecule has 1 amide bonds. The van der Waals surface area contributed by atoms with E-state index < -0.39 is 35.5 Å². The molecule has 0 bridgehead atoms. The maximum atomic E-state index is 12.2. The maximum absolute atomic E-state index is 12.2. The first-order valence-electron chi connectivity index (χ1n) is 6.01. The summed E-state index contributed by atoms with van der Waals surface area (Å²) < 4.78 is 41.4. The lowest BCUT2D eigenvalue weighted by atomic mass is 10.1. The molecular formula is C12H18F3NO4. The van der Waals surface area contributed by atoms with Gasteiger partial charge in [0, 0.05) is 6.42 Å². The normalized spacial score (nSPS) is 13.6. The van der Waals surface area contributed by atoms with Crippen LogP contribution in [0.1, 0.15) is 40.5 Å². The van der Waals surface area contributed by atoms with E-state index in [9.17, 15) is 27.6 Å². The van der Waals surface area contributed by atoms with E-state index in [1.54, 1.807) is 6.92 Å². The standard InChI is InChI=1S/C12H18F3NO4/c1-5-6-7(17)8(9(18)20-11(2,3)4)16-10(19)12(13,14)15/h8H,5-6H2,1-4H3,(H,16,19). The van der Waals surface area contributed by atoms with Crippen LogP contribution in [-0.4, -0.2) is 35.5 Å². The van der Waals surface area contributed by atoms with Crippen LogP contribution in [0, 0.1) is 0 Å². The summed E-state index contributed by atoms with van der Waals surface area (Å²) in [6.07, 6.45) is -4.98. The van der Waals surface area contributed by atoms with Gasteiger partial charge in [-0.15, -0.1) is 0 Å². The summed E-state index contributed by atoms with van der Waals surface area (Å²) in [5.74, 6) is -4.37. The summed E-state index contributed by atoms with van der Waals surface area (Å²) in [7, 11) is 0. The molecule has 0 saturated carbocycles. The molecule has 20 heavy (non-hydrogen) atoms. The van der Waals surface area contributed by atoms with Crippen molar-refractivity contribution in [2.75, 3.05) is 0 Å². The van der Waals surface area contributed by atoms with Gasteiger partial charge in [0.05, 0.1) is 0 Å². The number of ketones is 1. The van der Waals surface area contributed by atoms with Crippen LogP contribution in [0.15, 0.2) is 0 Å². The lowest BCUT2D eigenvalue weighted by Crippen LogP contribution is -2.52. The van der Waals surface area contributed by atoms with Crippen LogP contribution in [0.2, 0.25) is 0 Å². The second-order valence-corrected chi connectivity index (χ2v) is 5.15. The molecular weight excluding hydrogens is 279 g/mol. The fourth-order valence-electron chi connectivity index (χ4n) is 1.24. The van der Waals surface area contributed by atoms with Gasteiger partial charge in [-0.05, 0) is 27.2 Å². The molecule has 116 valence electrons. The van der Waals surface area contributed by atoms with Crippen molar-refractivity contribution in [1.82, 2.24) is 5.32 Å². The lowest BCUT2D eigenvalue weighted by molar-refractivity contribution is -0.177. The zero-order valence-corrected chi connectivity index (χ0v) is 11.8. The molecule has 0 saturated heterocycles. The number of alkyl halides is 3. The van der Waals surface area contributed by atoms with E-state index in [0.717, 1.165) is 0 Å². The molecule has 0 aromatic carbocycles. The number of amides is 1. The number of halogens is 3. The van der Waals surface area contributed by atoms with Crippen LogP contribution in [0.4, 0.5) is 13.2 Å². The van der Waals surface area contributed by atoms with Crippen molar-refractivity contribution in [3.63, 3.8) is 0 Å². The van der Waals surface area contributed by atoms with Gasteiger partial charge in [-0.3, -0.25) is 9.59 Å². The highest BCUT2D eigenvalue weighted by Gasteiger charge is 2.43. The number of Topliss-reactive ketones (excluding diaryl/α,β-unsaturated/α-hetero) is 1. The molecule has 0 radical (unpaired) electrons. The van der Waals surface area contributed by atoms with Gasteiger partial charge in [0.1, 0.15) is 5.60 Å². The second kappa shape index (κ2) is 6.71. The average Bonchev–Trinajstić information content (AvgIpc) is 2.21. The Bertz CT molecular complexity index is 385. The van der Waals surface area contributed by atoms with Gasteiger partial charge in [0.15, 0.2) is 11.8 Å². The number of rotatable bonds is 5. The summed E-state index contributed by atoms with van der Waals surface area (Å²) in [6, 6.07) is -1.94. The summed E-state index contributed by atoms with van der Waals surface area (Å²) in [6.45, 7) is 6.11. The Labute approximate surface area is 114 Å². The van der Waals surface area contributed by atoms with Crippen molar-refractivity contribution in [1.29, 1.82) is 0 Å². The summed E-state index contributed by atoms with van der Waals surface area (Å²) >= 11 is 0. The van der Waals surface area contributed by atoms with Gasteiger partial charge in [0.25, 0.3) is 0 Å². The van der Waals surface area contributed by atoms with Gasteiger partial charge >= 0.3 is 18.1 Å². The molecule has 1 atom stereocenters. The fourth-order valence-corrected chi connectivity index (χ4v) is 1.24. The average molecular weight is 297 g/mol. The van der Waals surface area contributed by atoms with Crippen molar-refractivity contribution >= 4 is 17.7 Å². The number of nitrogens with one attached hydrogen (secondary N) is 1. The summed E-state index contributed by atoms with van der Waals surface area (Å²) in [5, 5.41) is 1.38. The van der Waals surface area contributed by atoms with Crippen LogP contribution in [-0.2, 0) is 19.1 Å². The molecule has 0 spiro atoms. The Balaban J connectivity index is 5.05. The number of hydrogen-bond acceptors (Lipinski definition) is 4. The molecule has 0 fully saturated rings. The SMILES string of the molecule is CCCC(=O)C(NC(=O)C(F)(F)F)C(=O)OC(C)(C)C. The molecule has 0 aromatic rings.